The molecule has 0 spiro atoms. The monoisotopic (exact) mass is 436 g/mol. The van der Waals surface area contributed by atoms with Crippen LogP contribution in [0, 0.1) is 5.92 Å². The first-order valence-electron chi connectivity index (χ1n) is 11.5. The summed E-state index contributed by atoms with van der Waals surface area (Å²) >= 11 is 0. The Kier molecular flexibility index (Phi) is 7.19. The van der Waals surface area contributed by atoms with E-state index in [9.17, 15) is 9.59 Å². The molecule has 2 aromatic rings. The van der Waals surface area contributed by atoms with E-state index < -0.39 is 0 Å². The Bertz CT molecular complexity index is 890. The van der Waals surface area contributed by atoms with Gasteiger partial charge < -0.3 is 20.0 Å². The maximum Gasteiger partial charge on any atom is 0.322 e. The summed E-state index contributed by atoms with van der Waals surface area (Å²) in [7, 11) is 2.08. The van der Waals surface area contributed by atoms with Crippen LogP contribution in [0.3, 0.4) is 0 Å². The van der Waals surface area contributed by atoms with Crippen molar-refractivity contribution in [2.75, 3.05) is 50.0 Å². The molecular weight excluding hydrogens is 404 g/mol. The van der Waals surface area contributed by atoms with Crippen molar-refractivity contribution in [2.24, 2.45) is 5.92 Å². The van der Waals surface area contributed by atoms with Gasteiger partial charge in [0.05, 0.1) is 17.4 Å². The maximum atomic E-state index is 12.9. The molecular formula is C24H32N6O2. The van der Waals surface area contributed by atoms with E-state index in [0.717, 1.165) is 18.3 Å². The highest BCUT2D eigenvalue weighted by Crippen LogP contribution is 2.25. The first-order chi connectivity index (χ1) is 15.6. The van der Waals surface area contributed by atoms with Crippen molar-refractivity contribution in [3.63, 3.8) is 0 Å². The quantitative estimate of drug-likeness (QED) is 0.776. The maximum absolute atomic E-state index is 12.9. The van der Waals surface area contributed by atoms with Crippen molar-refractivity contribution in [3.8, 4) is 0 Å². The number of urea groups is 1. The van der Waals surface area contributed by atoms with Gasteiger partial charge in [-0.1, -0.05) is 19.3 Å². The van der Waals surface area contributed by atoms with Crippen molar-refractivity contribution >= 4 is 23.4 Å². The van der Waals surface area contributed by atoms with Gasteiger partial charge in [0, 0.05) is 52.2 Å². The molecule has 1 N–H and O–H groups in total. The molecule has 3 amide bonds. The fourth-order valence-corrected chi connectivity index (χ4v) is 4.52. The van der Waals surface area contributed by atoms with Crippen LogP contribution in [-0.2, 0) is 0 Å². The normalized spacial score (nSPS) is 17.2. The lowest BCUT2D eigenvalue weighted by Gasteiger charge is -2.34. The van der Waals surface area contributed by atoms with E-state index in [4.69, 9.17) is 0 Å². The molecule has 0 aromatic carbocycles. The Labute approximate surface area is 189 Å². The molecule has 2 aliphatic rings. The molecule has 1 saturated heterocycles. The zero-order valence-electron chi connectivity index (χ0n) is 18.7. The number of piperazine rings is 1. The fourth-order valence-electron chi connectivity index (χ4n) is 4.52. The molecule has 8 nitrogen and oxygen atoms in total. The van der Waals surface area contributed by atoms with E-state index in [1.165, 1.54) is 32.1 Å². The molecule has 3 heterocycles. The van der Waals surface area contributed by atoms with Crippen molar-refractivity contribution in [2.45, 2.75) is 32.1 Å². The summed E-state index contributed by atoms with van der Waals surface area (Å²) < 4.78 is 0. The lowest BCUT2D eigenvalue weighted by molar-refractivity contribution is 0.0671. The fraction of sp³-hybridized carbons (Fsp3) is 0.500. The van der Waals surface area contributed by atoms with Gasteiger partial charge in [0.25, 0.3) is 5.91 Å². The van der Waals surface area contributed by atoms with Crippen LogP contribution in [0.1, 0.15) is 42.5 Å². The van der Waals surface area contributed by atoms with Crippen LogP contribution in [0.2, 0.25) is 0 Å². The topological polar surface area (TPSA) is 81.7 Å². The van der Waals surface area contributed by atoms with Gasteiger partial charge in [0.1, 0.15) is 5.82 Å². The zero-order chi connectivity index (χ0) is 22.3. The average Bonchev–Trinajstić information content (AvgIpc) is 2.85. The van der Waals surface area contributed by atoms with Gasteiger partial charge >= 0.3 is 6.03 Å². The van der Waals surface area contributed by atoms with E-state index in [1.54, 1.807) is 40.5 Å². The highest BCUT2D eigenvalue weighted by Gasteiger charge is 2.25. The molecule has 0 bridgehead atoms. The van der Waals surface area contributed by atoms with Crippen LogP contribution in [0.25, 0.3) is 0 Å². The lowest BCUT2D eigenvalue weighted by Crippen LogP contribution is -2.51. The van der Waals surface area contributed by atoms with Crippen LogP contribution in [0.4, 0.5) is 16.3 Å². The molecule has 0 radical (unpaired) electrons. The van der Waals surface area contributed by atoms with E-state index >= 15 is 0 Å². The minimum Gasteiger partial charge on any atom is -0.359 e. The minimum absolute atomic E-state index is 0.0358. The average molecular weight is 437 g/mol. The molecule has 1 aliphatic carbocycles. The number of amides is 3. The predicted molar refractivity (Wildman–Crippen MR) is 125 cm³/mol. The third-order valence-electron chi connectivity index (χ3n) is 6.41. The van der Waals surface area contributed by atoms with Crippen molar-refractivity contribution in [1.29, 1.82) is 0 Å². The van der Waals surface area contributed by atoms with Crippen LogP contribution < -0.4 is 10.2 Å². The summed E-state index contributed by atoms with van der Waals surface area (Å²) in [5, 5.41) is 2.84. The number of hydrogen-bond acceptors (Lipinski definition) is 5. The number of nitrogens with one attached hydrogen (secondary N) is 1. The van der Waals surface area contributed by atoms with E-state index in [-0.39, 0.29) is 11.9 Å². The summed E-state index contributed by atoms with van der Waals surface area (Å²) in [6.07, 6.45) is 11.6. The van der Waals surface area contributed by atoms with Crippen LogP contribution >= 0.6 is 0 Å². The third kappa shape index (κ3) is 5.55. The zero-order valence-corrected chi connectivity index (χ0v) is 18.7. The highest BCUT2D eigenvalue weighted by molar-refractivity contribution is 5.94. The second-order valence-electron chi connectivity index (χ2n) is 8.74. The molecule has 2 fully saturated rings. The van der Waals surface area contributed by atoms with Gasteiger partial charge in [0.15, 0.2) is 0 Å². The number of nitrogens with zero attached hydrogens (tertiary/aromatic N) is 5. The molecule has 170 valence electrons. The van der Waals surface area contributed by atoms with Gasteiger partial charge in [-0.3, -0.25) is 9.78 Å². The predicted octanol–water partition coefficient (Wildman–Crippen LogP) is 3.48. The lowest BCUT2D eigenvalue weighted by atomic mass is 9.89. The van der Waals surface area contributed by atoms with Crippen LogP contribution in [0.5, 0.6) is 0 Å². The van der Waals surface area contributed by atoms with Crippen LogP contribution in [0.15, 0.2) is 42.9 Å². The second kappa shape index (κ2) is 10.4. The smallest absolute Gasteiger partial charge is 0.322 e. The molecule has 32 heavy (non-hydrogen) atoms. The molecule has 0 atom stereocenters. The Hall–Kier alpha value is -3.16. The highest BCUT2D eigenvalue weighted by atomic mass is 16.2. The summed E-state index contributed by atoms with van der Waals surface area (Å²) in [6.45, 7) is 3.01. The summed E-state index contributed by atoms with van der Waals surface area (Å²) in [5.41, 5.74) is 1.25. The van der Waals surface area contributed by atoms with E-state index in [1.807, 2.05) is 12.1 Å². The number of anilines is 2. The molecule has 8 heteroatoms. The molecule has 4 rings (SSSR count). The minimum atomic E-state index is -0.169. The van der Waals surface area contributed by atoms with Gasteiger partial charge in [-0.2, -0.15) is 0 Å². The van der Waals surface area contributed by atoms with E-state index in [2.05, 4.69) is 27.2 Å². The number of pyridine rings is 2. The first-order valence-corrected chi connectivity index (χ1v) is 11.5. The van der Waals surface area contributed by atoms with E-state index in [0.29, 0.717) is 37.4 Å². The summed E-state index contributed by atoms with van der Waals surface area (Å²) in [5.74, 6) is 1.61. The Balaban J connectivity index is 1.27. The van der Waals surface area contributed by atoms with Gasteiger partial charge in [0.2, 0.25) is 0 Å². The van der Waals surface area contributed by atoms with Crippen molar-refractivity contribution < 1.29 is 9.59 Å². The SMILES string of the molecule is CN(CC1CCCCC1)c1ccc(C(=O)N2CCN(C(=O)Nc3cccnc3)CC2)cn1. The largest absolute Gasteiger partial charge is 0.359 e. The third-order valence-corrected chi connectivity index (χ3v) is 6.41. The Morgan fingerprint density at radius 2 is 1.78 bits per heavy atom. The van der Waals surface area contributed by atoms with Gasteiger partial charge in [-0.25, -0.2) is 9.78 Å². The second-order valence-corrected chi connectivity index (χ2v) is 8.74. The first kappa shape index (κ1) is 22.0. The van der Waals surface area contributed by atoms with Crippen molar-refractivity contribution in [3.05, 3.63) is 48.4 Å². The summed E-state index contributed by atoms with van der Waals surface area (Å²) in [6, 6.07) is 7.21. The van der Waals surface area contributed by atoms with Gasteiger partial charge in [-0.15, -0.1) is 0 Å². The number of carbonyl (C=O) groups excluding carboxylic acids is 2. The summed E-state index contributed by atoms with van der Waals surface area (Å²) in [4.78, 5) is 39.6. The van der Waals surface area contributed by atoms with Crippen LogP contribution in [-0.4, -0.2) is 71.5 Å². The molecule has 0 unspecified atom stereocenters. The Morgan fingerprint density at radius 3 is 2.44 bits per heavy atom. The van der Waals surface area contributed by atoms with Crippen molar-refractivity contribution in [1.82, 2.24) is 19.8 Å². The molecule has 2 aromatic heterocycles. The standard InChI is InChI=1S/C24H32N6O2/c1-28(18-19-6-3-2-4-7-19)22-10-9-20(16-26-22)23(31)29-12-14-30(15-13-29)24(32)27-21-8-5-11-25-17-21/h5,8-11,16-17,19H,2-4,6-7,12-15,18H2,1H3,(H,27,32). The number of hydrogen-bond donors (Lipinski definition) is 1. The molecule has 1 aliphatic heterocycles. The number of carbonyl (C=O) groups is 2. The van der Waals surface area contributed by atoms with Gasteiger partial charge in [-0.05, 0) is 43.0 Å². The Morgan fingerprint density at radius 1 is 1.03 bits per heavy atom. The number of rotatable bonds is 5. The molecule has 1 saturated carbocycles. The number of aromatic nitrogens is 2.